The summed E-state index contributed by atoms with van der Waals surface area (Å²) in [6.07, 6.45) is 13.0. The van der Waals surface area contributed by atoms with Gasteiger partial charge in [0.2, 0.25) is 0 Å². The minimum atomic E-state index is 0.355. The van der Waals surface area contributed by atoms with Crippen molar-refractivity contribution >= 4 is 0 Å². The largest absolute Gasteiger partial charge is 0.330 e. The second-order valence-corrected chi connectivity index (χ2v) is 8.71. The first-order valence-corrected chi connectivity index (χ1v) is 9.01. The van der Waals surface area contributed by atoms with Crippen LogP contribution >= 0.6 is 0 Å². The normalized spacial score (nSPS) is 43.0. The Labute approximate surface area is 131 Å². The van der Waals surface area contributed by atoms with E-state index in [0.29, 0.717) is 10.8 Å². The number of nitrogens with two attached hydrogens (primary N) is 1. The van der Waals surface area contributed by atoms with Crippen LogP contribution in [0.2, 0.25) is 0 Å². The molecule has 0 aliphatic heterocycles. The van der Waals surface area contributed by atoms with Crippen molar-refractivity contribution in [2.75, 3.05) is 6.54 Å². The van der Waals surface area contributed by atoms with Crippen molar-refractivity contribution in [3.05, 3.63) is 23.3 Å². The second kappa shape index (κ2) is 5.26. The van der Waals surface area contributed by atoms with Crippen molar-refractivity contribution in [2.45, 2.75) is 66.2 Å². The maximum absolute atomic E-state index is 6.20. The minimum Gasteiger partial charge on any atom is -0.330 e. The molecular formula is C20H33N. The van der Waals surface area contributed by atoms with Crippen LogP contribution in [-0.2, 0) is 0 Å². The Morgan fingerprint density at radius 1 is 1.29 bits per heavy atom. The van der Waals surface area contributed by atoms with Crippen LogP contribution in [0.5, 0.6) is 0 Å². The third-order valence-electron chi connectivity index (χ3n) is 7.10. The molecule has 3 aliphatic rings. The molecule has 0 saturated heterocycles. The molecule has 118 valence electrons. The molecule has 0 amide bonds. The third kappa shape index (κ3) is 2.32. The van der Waals surface area contributed by atoms with Crippen molar-refractivity contribution in [2.24, 2.45) is 34.3 Å². The molecule has 3 aliphatic carbocycles. The lowest BCUT2D eigenvalue weighted by Crippen LogP contribution is -2.50. The fourth-order valence-electron chi connectivity index (χ4n) is 5.62. The Balaban J connectivity index is 1.95. The van der Waals surface area contributed by atoms with Crippen LogP contribution in [0, 0.1) is 28.6 Å². The summed E-state index contributed by atoms with van der Waals surface area (Å²) in [6.45, 7) is 10.6. The number of allylic oxidation sites excluding steroid dienone is 4. The highest BCUT2D eigenvalue weighted by molar-refractivity contribution is 5.40. The van der Waals surface area contributed by atoms with E-state index in [-0.39, 0.29) is 0 Å². The lowest BCUT2D eigenvalue weighted by atomic mass is 9.49. The van der Waals surface area contributed by atoms with Gasteiger partial charge in [-0.05, 0) is 72.8 Å². The first-order valence-electron chi connectivity index (χ1n) is 9.01. The summed E-state index contributed by atoms with van der Waals surface area (Å²) in [5.74, 6) is 2.30. The highest BCUT2D eigenvalue weighted by Crippen LogP contribution is 2.60. The Bertz CT molecular complexity index is 472. The first kappa shape index (κ1) is 15.3. The summed E-state index contributed by atoms with van der Waals surface area (Å²) in [4.78, 5) is 0. The molecule has 1 nitrogen and oxygen atoms in total. The molecule has 2 unspecified atom stereocenters. The van der Waals surface area contributed by atoms with Gasteiger partial charge in [-0.3, -0.25) is 0 Å². The van der Waals surface area contributed by atoms with Gasteiger partial charge in [0.1, 0.15) is 0 Å². The van der Waals surface area contributed by atoms with Gasteiger partial charge in [-0.15, -0.1) is 0 Å². The van der Waals surface area contributed by atoms with Crippen molar-refractivity contribution < 1.29 is 0 Å². The summed E-state index contributed by atoms with van der Waals surface area (Å²) in [5, 5.41) is 0. The standard InChI is InChI=1S/C20H33N/c1-14(2)15-6-8-17-16(12-15)7-9-18-19(3,13-21)10-5-11-20(17,18)4/h6,8,14-15,18H,5,7,9-13,21H2,1-4H3/t15?,18?,19-,20+/m0/s1. The van der Waals surface area contributed by atoms with Gasteiger partial charge < -0.3 is 5.73 Å². The molecule has 21 heavy (non-hydrogen) atoms. The summed E-state index contributed by atoms with van der Waals surface area (Å²) in [6, 6.07) is 0. The fourth-order valence-corrected chi connectivity index (χ4v) is 5.62. The Kier molecular flexibility index (Phi) is 3.84. The smallest absolute Gasteiger partial charge is 0.00202 e. The van der Waals surface area contributed by atoms with E-state index in [1.54, 1.807) is 11.1 Å². The zero-order valence-corrected chi connectivity index (χ0v) is 14.4. The van der Waals surface area contributed by atoms with E-state index in [1.165, 1.54) is 38.5 Å². The maximum atomic E-state index is 6.20. The predicted octanol–water partition coefficient (Wildman–Crippen LogP) is 5.08. The molecule has 1 heteroatoms. The highest BCUT2D eigenvalue weighted by Gasteiger charge is 2.51. The third-order valence-corrected chi connectivity index (χ3v) is 7.10. The van der Waals surface area contributed by atoms with Crippen LogP contribution in [0.3, 0.4) is 0 Å². The Hall–Kier alpha value is -0.560. The van der Waals surface area contributed by atoms with E-state index in [1.807, 2.05) is 0 Å². The minimum absolute atomic E-state index is 0.355. The Morgan fingerprint density at radius 2 is 2.05 bits per heavy atom. The van der Waals surface area contributed by atoms with Gasteiger partial charge in [0.25, 0.3) is 0 Å². The second-order valence-electron chi connectivity index (χ2n) is 8.71. The van der Waals surface area contributed by atoms with E-state index in [0.717, 1.165) is 24.3 Å². The van der Waals surface area contributed by atoms with Crippen molar-refractivity contribution in [1.82, 2.24) is 0 Å². The molecule has 0 spiro atoms. The monoisotopic (exact) mass is 287 g/mol. The van der Waals surface area contributed by atoms with Crippen LogP contribution in [0.1, 0.15) is 66.2 Å². The molecule has 0 aromatic carbocycles. The van der Waals surface area contributed by atoms with Gasteiger partial charge in [-0.2, -0.15) is 0 Å². The molecule has 0 heterocycles. The topological polar surface area (TPSA) is 26.0 Å². The molecule has 1 saturated carbocycles. The van der Waals surface area contributed by atoms with Gasteiger partial charge in [0.15, 0.2) is 0 Å². The van der Waals surface area contributed by atoms with Crippen molar-refractivity contribution in [3.8, 4) is 0 Å². The van der Waals surface area contributed by atoms with E-state index in [4.69, 9.17) is 5.73 Å². The SMILES string of the molecule is CC(C)C1C=CC2=C(CCC3[C@](C)(CN)CCC[C@]23C)C1. The first-order chi connectivity index (χ1) is 9.90. The number of hydrogen-bond donors (Lipinski definition) is 1. The van der Waals surface area contributed by atoms with Gasteiger partial charge in [0.05, 0.1) is 0 Å². The molecule has 4 atom stereocenters. The van der Waals surface area contributed by atoms with Gasteiger partial charge >= 0.3 is 0 Å². The van der Waals surface area contributed by atoms with Crippen molar-refractivity contribution in [1.29, 1.82) is 0 Å². The summed E-state index contributed by atoms with van der Waals surface area (Å²) >= 11 is 0. The van der Waals surface area contributed by atoms with E-state index in [2.05, 4.69) is 39.8 Å². The van der Waals surface area contributed by atoms with E-state index in [9.17, 15) is 0 Å². The number of hydrogen-bond acceptors (Lipinski definition) is 1. The zero-order valence-electron chi connectivity index (χ0n) is 14.4. The van der Waals surface area contributed by atoms with Gasteiger partial charge in [-0.25, -0.2) is 0 Å². The fraction of sp³-hybridized carbons (Fsp3) is 0.800. The molecule has 0 bridgehead atoms. The number of rotatable bonds is 2. The lowest BCUT2D eigenvalue weighted by Gasteiger charge is -2.56. The zero-order chi connectivity index (χ0) is 15.3. The van der Waals surface area contributed by atoms with Crippen molar-refractivity contribution in [3.63, 3.8) is 0 Å². The predicted molar refractivity (Wildman–Crippen MR) is 91.0 cm³/mol. The summed E-state index contributed by atoms with van der Waals surface area (Å²) < 4.78 is 0. The van der Waals surface area contributed by atoms with Crippen LogP contribution in [-0.4, -0.2) is 6.54 Å². The van der Waals surface area contributed by atoms with Gasteiger partial charge in [0, 0.05) is 0 Å². The average molecular weight is 287 g/mol. The van der Waals surface area contributed by atoms with Crippen LogP contribution in [0.15, 0.2) is 23.3 Å². The van der Waals surface area contributed by atoms with Crippen LogP contribution in [0.25, 0.3) is 0 Å². The molecule has 0 radical (unpaired) electrons. The lowest BCUT2D eigenvalue weighted by molar-refractivity contribution is 0.00685. The van der Waals surface area contributed by atoms with Crippen LogP contribution < -0.4 is 5.73 Å². The van der Waals surface area contributed by atoms with E-state index < -0.39 is 0 Å². The summed E-state index contributed by atoms with van der Waals surface area (Å²) in [5.41, 5.74) is 10.4. The van der Waals surface area contributed by atoms with Crippen LogP contribution in [0.4, 0.5) is 0 Å². The highest BCUT2D eigenvalue weighted by atomic mass is 14.7. The molecule has 0 aromatic heterocycles. The molecule has 3 rings (SSSR count). The molecule has 1 fully saturated rings. The Morgan fingerprint density at radius 3 is 2.71 bits per heavy atom. The molecular weight excluding hydrogens is 254 g/mol. The summed E-state index contributed by atoms with van der Waals surface area (Å²) in [7, 11) is 0. The quantitative estimate of drug-likeness (QED) is 0.753. The van der Waals surface area contributed by atoms with E-state index >= 15 is 0 Å². The number of fused-ring (bicyclic) bond motifs is 2. The average Bonchev–Trinajstić information content (AvgIpc) is 2.46. The molecule has 2 N–H and O–H groups in total. The maximum Gasteiger partial charge on any atom is -0.00202 e. The molecule has 0 aromatic rings. The van der Waals surface area contributed by atoms with Gasteiger partial charge in [-0.1, -0.05) is 51.8 Å².